The number of primary sulfonamides is 1. The normalized spacial score (nSPS) is 12.5. The average Bonchev–Trinajstić information content (AvgIpc) is 2.70. The van der Waals surface area contributed by atoms with E-state index in [9.17, 15) is 8.42 Å². The Labute approximate surface area is 195 Å². The van der Waals surface area contributed by atoms with Crippen molar-refractivity contribution < 1.29 is 17.9 Å². The zero-order valence-electron chi connectivity index (χ0n) is 17.3. The summed E-state index contributed by atoms with van der Waals surface area (Å²) in [6.45, 7) is 3.17. The third kappa shape index (κ3) is 8.76. The number of aliphatic imine (C=N–C) groups is 1. The minimum atomic E-state index is -3.66. The highest BCUT2D eigenvalue weighted by atomic mass is 127. The van der Waals surface area contributed by atoms with E-state index in [0.717, 1.165) is 17.1 Å². The van der Waals surface area contributed by atoms with Crippen LogP contribution in [0.25, 0.3) is 0 Å². The lowest BCUT2D eigenvalue weighted by Gasteiger charge is -2.18. The Morgan fingerprint density at radius 2 is 1.80 bits per heavy atom. The smallest absolute Gasteiger partial charge is 0.238 e. The molecule has 1 atom stereocenters. The number of ether oxygens (including phenoxy) is 2. The predicted octanol–water partition coefficient (Wildman–Crippen LogP) is 2.14. The SMILES string of the molecule is CN=C(NCCc1ccc(S(N)(=O)=O)cc1)NCC(C)Oc1cccc(OC)c1.I. The largest absolute Gasteiger partial charge is 0.497 e. The molecule has 8 nitrogen and oxygen atoms in total. The lowest BCUT2D eigenvalue weighted by atomic mass is 10.1. The van der Waals surface area contributed by atoms with Gasteiger partial charge in [0, 0.05) is 19.7 Å². The first-order valence-corrected chi connectivity index (χ1v) is 10.7. The molecule has 0 fully saturated rings. The van der Waals surface area contributed by atoms with E-state index in [4.69, 9.17) is 14.6 Å². The van der Waals surface area contributed by atoms with Gasteiger partial charge in [-0.25, -0.2) is 13.6 Å². The number of halogens is 1. The molecule has 0 heterocycles. The topological polar surface area (TPSA) is 115 Å². The standard InChI is InChI=1S/C20H28N4O4S.HI/c1-15(28-18-6-4-5-17(13-18)27-3)14-24-20(22-2)23-12-11-16-7-9-19(10-8-16)29(21,25)26;/h4-10,13,15H,11-12,14H2,1-3H3,(H2,21,25,26)(H2,22,23,24);1H. The summed E-state index contributed by atoms with van der Waals surface area (Å²) in [5.74, 6) is 2.15. The second kappa shape index (κ2) is 12.6. The number of sulfonamides is 1. The number of hydrogen-bond donors (Lipinski definition) is 3. The van der Waals surface area contributed by atoms with Gasteiger partial charge in [0.2, 0.25) is 10.0 Å². The third-order valence-electron chi connectivity index (χ3n) is 4.12. The van der Waals surface area contributed by atoms with Crippen molar-refractivity contribution in [1.82, 2.24) is 10.6 Å². The van der Waals surface area contributed by atoms with Gasteiger partial charge in [-0.15, -0.1) is 24.0 Å². The van der Waals surface area contributed by atoms with Crippen LogP contribution in [0.3, 0.4) is 0 Å². The third-order valence-corrected chi connectivity index (χ3v) is 5.05. The molecule has 0 radical (unpaired) electrons. The van der Waals surface area contributed by atoms with Crippen molar-refractivity contribution in [3.05, 3.63) is 54.1 Å². The van der Waals surface area contributed by atoms with Gasteiger partial charge in [-0.05, 0) is 43.2 Å². The minimum Gasteiger partial charge on any atom is -0.497 e. The summed E-state index contributed by atoms with van der Waals surface area (Å²) in [6.07, 6.45) is 0.632. The molecule has 2 aromatic carbocycles. The molecule has 0 spiro atoms. The first-order valence-electron chi connectivity index (χ1n) is 9.19. The summed E-state index contributed by atoms with van der Waals surface area (Å²) < 4.78 is 33.6. The lowest BCUT2D eigenvalue weighted by Crippen LogP contribution is -2.42. The Bertz CT molecular complexity index is 921. The van der Waals surface area contributed by atoms with Crippen molar-refractivity contribution in [2.75, 3.05) is 27.2 Å². The molecule has 4 N–H and O–H groups in total. The van der Waals surface area contributed by atoms with E-state index in [1.807, 2.05) is 31.2 Å². The van der Waals surface area contributed by atoms with Gasteiger partial charge in [-0.2, -0.15) is 0 Å². The van der Waals surface area contributed by atoms with Crippen LogP contribution in [0.4, 0.5) is 0 Å². The second-order valence-corrected chi connectivity index (χ2v) is 7.99. The summed E-state index contributed by atoms with van der Waals surface area (Å²) in [5, 5.41) is 11.5. The number of benzene rings is 2. The van der Waals surface area contributed by atoms with Crippen LogP contribution in [0.15, 0.2) is 58.4 Å². The molecule has 0 saturated carbocycles. The molecule has 10 heteroatoms. The van der Waals surface area contributed by atoms with Crippen LogP contribution >= 0.6 is 24.0 Å². The fourth-order valence-electron chi connectivity index (χ4n) is 2.58. The zero-order chi connectivity index (χ0) is 21.3. The van der Waals surface area contributed by atoms with Crippen molar-refractivity contribution in [3.8, 4) is 11.5 Å². The Morgan fingerprint density at radius 1 is 1.13 bits per heavy atom. The highest BCUT2D eigenvalue weighted by molar-refractivity contribution is 14.0. The molecular weight excluding hydrogens is 519 g/mol. The fraction of sp³-hybridized carbons (Fsp3) is 0.350. The maximum atomic E-state index is 11.3. The first kappa shape index (κ1) is 26.0. The Kier molecular flexibility index (Phi) is 10.9. The van der Waals surface area contributed by atoms with Crippen molar-refractivity contribution >= 4 is 40.0 Å². The molecule has 0 aliphatic carbocycles. The second-order valence-electron chi connectivity index (χ2n) is 6.43. The molecule has 0 aliphatic heterocycles. The maximum absolute atomic E-state index is 11.3. The monoisotopic (exact) mass is 548 g/mol. The number of nitrogens with zero attached hydrogens (tertiary/aromatic N) is 1. The molecular formula is C20H29IN4O4S. The zero-order valence-corrected chi connectivity index (χ0v) is 20.4. The van der Waals surface area contributed by atoms with Crippen LogP contribution in [-0.4, -0.2) is 47.7 Å². The van der Waals surface area contributed by atoms with Crippen molar-refractivity contribution in [3.63, 3.8) is 0 Å². The predicted molar refractivity (Wildman–Crippen MR) is 129 cm³/mol. The number of methoxy groups -OCH3 is 1. The summed E-state index contributed by atoms with van der Waals surface area (Å²) >= 11 is 0. The number of nitrogens with one attached hydrogen (secondary N) is 2. The number of rotatable bonds is 9. The molecule has 0 aliphatic rings. The number of nitrogens with two attached hydrogens (primary N) is 1. The van der Waals surface area contributed by atoms with Gasteiger partial charge >= 0.3 is 0 Å². The molecule has 0 aromatic heterocycles. The van der Waals surface area contributed by atoms with Crippen LogP contribution in [0.1, 0.15) is 12.5 Å². The van der Waals surface area contributed by atoms with E-state index in [-0.39, 0.29) is 35.0 Å². The van der Waals surface area contributed by atoms with Crippen molar-refractivity contribution in [1.29, 1.82) is 0 Å². The molecule has 0 saturated heterocycles. The highest BCUT2D eigenvalue weighted by Crippen LogP contribution is 2.19. The molecule has 30 heavy (non-hydrogen) atoms. The Hall–Kier alpha value is -2.05. The number of guanidine groups is 1. The summed E-state index contributed by atoms with van der Waals surface area (Å²) in [4.78, 5) is 4.30. The van der Waals surface area contributed by atoms with Crippen molar-refractivity contribution in [2.24, 2.45) is 10.1 Å². The fourth-order valence-corrected chi connectivity index (χ4v) is 3.10. The molecule has 166 valence electrons. The Balaban J connectivity index is 0.00000450. The van der Waals surface area contributed by atoms with E-state index in [2.05, 4.69) is 15.6 Å². The maximum Gasteiger partial charge on any atom is 0.238 e. The molecule has 2 aromatic rings. The molecule has 1 unspecified atom stereocenters. The van der Waals surface area contributed by atoms with Crippen LogP contribution in [0, 0.1) is 0 Å². The van der Waals surface area contributed by atoms with Gasteiger partial charge in [0.15, 0.2) is 5.96 Å². The summed E-state index contributed by atoms with van der Waals surface area (Å²) in [5.41, 5.74) is 0.995. The molecule has 0 bridgehead atoms. The van der Waals surface area contributed by atoms with Gasteiger partial charge in [0.25, 0.3) is 0 Å². The molecule has 0 amide bonds. The van der Waals surface area contributed by atoms with E-state index >= 15 is 0 Å². The quantitative estimate of drug-likeness (QED) is 0.251. The lowest BCUT2D eigenvalue weighted by molar-refractivity contribution is 0.223. The van der Waals surface area contributed by atoms with Crippen LogP contribution in [-0.2, 0) is 16.4 Å². The van der Waals surface area contributed by atoms with Crippen LogP contribution < -0.4 is 25.2 Å². The van der Waals surface area contributed by atoms with Crippen molar-refractivity contribution in [2.45, 2.75) is 24.3 Å². The van der Waals surface area contributed by atoms with Gasteiger partial charge in [0.1, 0.15) is 17.6 Å². The van der Waals surface area contributed by atoms with Gasteiger partial charge < -0.3 is 20.1 Å². The van der Waals surface area contributed by atoms with E-state index < -0.39 is 10.0 Å². The highest BCUT2D eigenvalue weighted by Gasteiger charge is 2.08. The van der Waals surface area contributed by atoms with E-state index in [1.54, 1.807) is 26.3 Å². The molecule has 2 rings (SSSR count). The first-order chi connectivity index (χ1) is 13.8. The van der Waals surface area contributed by atoms with Crippen LogP contribution in [0.2, 0.25) is 0 Å². The van der Waals surface area contributed by atoms with E-state index in [1.165, 1.54) is 12.1 Å². The van der Waals surface area contributed by atoms with E-state index in [0.29, 0.717) is 25.5 Å². The van der Waals surface area contributed by atoms with Gasteiger partial charge in [-0.1, -0.05) is 18.2 Å². The average molecular weight is 548 g/mol. The van der Waals surface area contributed by atoms with Crippen LogP contribution in [0.5, 0.6) is 11.5 Å². The summed E-state index contributed by atoms with van der Waals surface area (Å²) in [6, 6.07) is 14.0. The van der Waals surface area contributed by atoms with Gasteiger partial charge in [-0.3, -0.25) is 4.99 Å². The summed E-state index contributed by atoms with van der Waals surface area (Å²) in [7, 11) is -0.346. The van der Waals surface area contributed by atoms with Gasteiger partial charge in [0.05, 0.1) is 18.6 Å². The minimum absolute atomic E-state index is 0. The number of hydrogen-bond acceptors (Lipinski definition) is 5. The Morgan fingerprint density at radius 3 is 2.40 bits per heavy atom.